The van der Waals surface area contributed by atoms with Gasteiger partial charge in [0.25, 0.3) is 0 Å². The van der Waals surface area contributed by atoms with Crippen molar-refractivity contribution in [2.45, 2.75) is 95.7 Å². The number of carbonyl (C=O) groups is 2. The second kappa shape index (κ2) is 17.9. The first-order chi connectivity index (χ1) is 22.2. The number of carboxylic acids is 1. The van der Waals surface area contributed by atoms with Gasteiger partial charge in [-0.25, -0.2) is 0 Å². The van der Waals surface area contributed by atoms with Crippen molar-refractivity contribution in [1.29, 1.82) is 0 Å². The fraction of sp³-hybridized carbons (Fsp3) is 0.459. The van der Waals surface area contributed by atoms with Gasteiger partial charge < -0.3 is 30.1 Å². The van der Waals surface area contributed by atoms with Gasteiger partial charge in [0.05, 0.1) is 24.9 Å². The number of aliphatic hydroxyl groups is 2. The zero-order chi connectivity index (χ0) is 32.9. The van der Waals surface area contributed by atoms with E-state index in [0.717, 1.165) is 47.1 Å². The molecule has 4 rings (SSSR count). The molecule has 0 saturated carbocycles. The summed E-state index contributed by atoms with van der Waals surface area (Å²) >= 11 is 0. The molecule has 0 bridgehead atoms. The molecule has 1 aliphatic rings. The minimum absolute atomic E-state index is 0.0186. The highest BCUT2D eigenvalue weighted by Gasteiger charge is 2.34. The third-order valence-electron chi connectivity index (χ3n) is 8.69. The summed E-state index contributed by atoms with van der Waals surface area (Å²) in [6.07, 6.45) is 2.64. The van der Waals surface area contributed by atoms with Crippen LogP contribution in [0.2, 0.25) is 0 Å². The smallest absolute Gasteiger partial charge is 0.303 e. The molecule has 248 valence electrons. The van der Waals surface area contributed by atoms with E-state index in [9.17, 15) is 19.8 Å². The Labute approximate surface area is 272 Å². The minimum Gasteiger partial charge on any atom is -0.481 e. The van der Waals surface area contributed by atoms with Crippen molar-refractivity contribution in [2.75, 3.05) is 13.6 Å². The highest BCUT2D eigenvalue weighted by Crippen LogP contribution is 2.38. The van der Waals surface area contributed by atoms with Crippen molar-refractivity contribution >= 4 is 11.9 Å². The van der Waals surface area contributed by atoms with Gasteiger partial charge >= 0.3 is 5.97 Å². The molecule has 9 heteroatoms. The van der Waals surface area contributed by atoms with Gasteiger partial charge in [0.2, 0.25) is 5.91 Å². The molecule has 1 aliphatic heterocycles. The molecular weight excluding hydrogens is 584 g/mol. The lowest BCUT2D eigenvalue weighted by atomic mass is 9.98. The number of rotatable bonds is 17. The van der Waals surface area contributed by atoms with Crippen LogP contribution in [0.1, 0.15) is 98.2 Å². The van der Waals surface area contributed by atoms with Crippen LogP contribution in [0.25, 0.3) is 0 Å². The molecule has 0 radical (unpaired) electrons. The van der Waals surface area contributed by atoms with Crippen LogP contribution >= 0.6 is 0 Å². The number of likely N-dealkylation sites (N-methyl/N-ethyl adjacent to an activating group) is 1. The molecule has 3 aromatic rings. The van der Waals surface area contributed by atoms with E-state index in [0.29, 0.717) is 32.4 Å². The van der Waals surface area contributed by atoms with Crippen molar-refractivity contribution in [3.05, 3.63) is 107 Å². The number of ether oxygens (including phenoxy) is 2. The second-order valence-corrected chi connectivity index (χ2v) is 12.2. The third-order valence-corrected chi connectivity index (χ3v) is 8.69. The molecule has 0 aromatic heterocycles. The Morgan fingerprint density at radius 3 is 2.15 bits per heavy atom. The van der Waals surface area contributed by atoms with Crippen molar-refractivity contribution in [1.82, 2.24) is 10.2 Å². The van der Waals surface area contributed by atoms with Gasteiger partial charge in [0, 0.05) is 44.0 Å². The maximum Gasteiger partial charge on any atom is 0.303 e. The van der Waals surface area contributed by atoms with E-state index >= 15 is 0 Å². The second-order valence-electron chi connectivity index (χ2n) is 12.2. The molecule has 9 nitrogen and oxygen atoms in total. The highest BCUT2D eigenvalue weighted by atomic mass is 16.7. The molecule has 1 heterocycles. The van der Waals surface area contributed by atoms with Gasteiger partial charge in [-0.15, -0.1) is 0 Å². The minimum atomic E-state index is -0.781. The van der Waals surface area contributed by atoms with E-state index in [1.54, 1.807) is 0 Å². The first-order valence-corrected chi connectivity index (χ1v) is 16.2. The zero-order valence-electron chi connectivity index (χ0n) is 26.9. The monoisotopic (exact) mass is 632 g/mol. The Hall–Kier alpha value is -3.60. The Kier molecular flexibility index (Phi) is 13.7. The summed E-state index contributed by atoms with van der Waals surface area (Å²) < 4.78 is 13.0. The summed E-state index contributed by atoms with van der Waals surface area (Å²) in [7, 11) is 2.00. The summed E-state index contributed by atoms with van der Waals surface area (Å²) in [5.74, 6) is -0.800. The van der Waals surface area contributed by atoms with Gasteiger partial charge in [0.15, 0.2) is 6.29 Å². The number of carbonyl (C=O) groups excluding carboxylic acids is 1. The molecule has 0 unspecified atom stereocenters. The standard InChI is InChI=1S/C37H48N2O7/c1-26(36(44)30-10-6-5-7-11-30)39(2)24-32-22-33(29-18-16-28(25-40)17-19-29)46-37(45-32)31-20-14-27(15-21-31)23-38-34(41)12-8-3-4-9-13-35(42)43/h5-7,10-11,14-21,26,32-33,36-37,40,44H,3-4,8-9,12-13,22-25H2,1-2H3,(H,38,41)(H,42,43)/t26-,32+,33-,36-,37-/m0/s1. The first kappa shape index (κ1) is 35.3. The van der Waals surface area contributed by atoms with Gasteiger partial charge in [-0.1, -0.05) is 91.7 Å². The summed E-state index contributed by atoms with van der Waals surface area (Å²) in [5.41, 5.74) is 4.56. The molecule has 5 atom stereocenters. The van der Waals surface area contributed by atoms with Crippen molar-refractivity contribution in [3.63, 3.8) is 0 Å². The number of hydrogen-bond acceptors (Lipinski definition) is 7. The van der Waals surface area contributed by atoms with Crippen LogP contribution in [0.15, 0.2) is 78.9 Å². The average Bonchev–Trinajstić information content (AvgIpc) is 3.08. The maximum atomic E-state index is 12.3. The molecular formula is C37H48N2O7. The van der Waals surface area contributed by atoms with Crippen LogP contribution in [0.5, 0.6) is 0 Å². The molecule has 4 N–H and O–H groups in total. The Morgan fingerprint density at radius 2 is 1.50 bits per heavy atom. The average molecular weight is 633 g/mol. The Balaban J connectivity index is 1.36. The molecule has 1 saturated heterocycles. The summed E-state index contributed by atoms with van der Waals surface area (Å²) in [6.45, 7) is 3.01. The van der Waals surface area contributed by atoms with E-state index in [-0.39, 0.29) is 37.2 Å². The highest BCUT2D eigenvalue weighted by molar-refractivity contribution is 5.75. The van der Waals surface area contributed by atoms with Crippen molar-refractivity contribution < 1.29 is 34.4 Å². The van der Waals surface area contributed by atoms with Crippen LogP contribution in [0, 0.1) is 0 Å². The normalized spacial score (nSPS) is 19.5. The maximum absolute atomic E-state index is 12.3. The van der Waals surface area contributed by atoms with Gasteiger partial charge in [-0.3, -0.25) is 14.5 Å². The predicted molar refractivity (Wildman–Crippen MR) is 176 cm³/mol. The summed E-state index contributed by atoms with van der Waals surface area (Å²) in [6, 6.07) is 25.2. The summed E-state index contributed by atoms with van der Waals surface area (Å²) in [5, 5.41) is 32.2. The SMILES string of the molecule is C[C@@H]([C@H](O)c1ccccc1)N(C)C[C@H]1C[C@@H](c2ccc(CO)cc2)O[C@@H](c2ccc(CNC(=O)CCCCCCC(=O)O)cc2)O1. The first-order valence-electron chi connectivity index (χ1n) is 16.2. The number of nitrogens with one attached hydrogen (secondary N) is 1. The van der Waals surface area contributed by atoms with Crippen LogP contribution < -0.4 is 5.32 Å². The van der Waals surface area contributed by atoms with E-state index in [2.05, 4.69) is 10.2 Å². The Morgan fingerprint density at radius 1 is 0.870 bits per heavy atom. The lowest BCUT2D eigenvalue weighted by Gasteiger charge is -2.39. The topological polar surface area (TPSA) is 129 Å². The largest absolute Gasteiger partial charge is 0.481 e. The van der Waals surface area contributed by atoms with E-state index in [1.165, 1.54) is 0 Å². The number of hydrogen-bond donors (Lipinski definition) is 4. The lowest BCUT2D eigenvalue weighted by molar-refractivity contribution is -0.253. The quantitative estimate of drug-likeness (QED) is 0.137. The van der Waals surface area contributed by atoms with Gasteiger partial charge in [-0.05, 0) is 49.1 Å². The van der Waals surface area contributed by atoms with E-state index in [1.807, 2.05) is 92.8 Å². The van der Waals surface area contributed by atoms with Crippen molar-refractivity contribution in [3.8, 4) is 0 Å². The molecule has 0 spiro atoms. The van der Waals surface area contributed by atoms with Crippen LogP contribution in [-0.4, -0.2) is 57.8 Å². The van der Waals surface area contributed by atoms with Gasteiger partial charge in [0.1, 0.15) is 0 Å². The molecule has 3 aromatic carbocycles. The fourth-order valence-electron chi connectivity index (χ4n) is 5.69. The molecule has 1 amide bonds. The predicted octanol–water partition coefficient (Wildman–Crippen LogP) is 5.82. The molecule has 46 heavy (non-hydrogen) atoms. The van der Waals surface area contributed by atoms with Crippen molar-refractivity contribution in [2.24, 2.45) is 0 Å². The number of unbranched alkanes of at least 4 members (excludes halogenated alkanes) is 3. The number of amides is 1. The van der Waals surface area contributed by atoms with Crippen LogP contribution in [0.4, 0.5) is 0 Å². The fourth-order valence-corrected chi connectivity index (χ4v) is 5.69. The number of benzene rings is 3. The molecule has 1 fully saturated rings. The van der Waals surface area contributed by atoms with Crippen LogP contribution in [-0.2, 0) is 32.2 Å². The number of aliphatic hydroxyl groups excluding tert-OH is 2. The zero-order valence-corrected chi connectivity index (χ0v) is 26.9. The van der Waals surface area contributed by atoms with E-state index in [4.69, 9.17) is 14.6 Å². The number of nitrogens with zero attached hydrogens (tertiary/aromatic N) is 1. The molecule has 0 aliphatic carbocycles. The number of aliphatic carboxylic acids is 1. The third kappa shape index (κ3) is 10.7. The Bertz CT molecular complexity index is 1350. The van der Waals surface area contributed by atoms with Crippen LogP contribution in [0.3, 0.4) is 0 Å². The summed E-state index contributed by atoms with van der Waals surface area (Å²) in [4.78, 5) is 25.0. The van der Waals surface area contributed by atoms with E-state index < -0.39 is 18.4 Å². The lowest BCUT2D eigenvalue weighted by Crippen LogP contribution is -2.43. The van der Waals surface area contributed by atoms with Gasteiger partial charge in [-0.2, -0.15) is 0 Å². The number of carboxylic acid groups (broad SMARTS) is 1.